The smallest absolute Gasteiger partial charge is 0.253 e. The first-order chi connectivity index (χ1) is 13.9. The summed E-state index contributed by atoms with van der Waals surface area (Å²) in [7, 11) is 0. The summed E-state index contributed by atoms with van der Waals surface area (Å²) in [5, 5.41) is 2.95. The lowest BCUT2D eigenvalue weighted by molar-refractivity contribution is -0.115. The van der Waals surface area contributed by atoms with Crippen LogP contribution in [0.1, 0.15) is 29.8 Å². The van der Waals surface area contributed by atoms with Crippen LogP contribution in [0.15, 0.2) is 48.5 Å². The van der Waals surface area contributed by atoms with Crippen LogP contribution in [0.5, 0.6) is 0 Å². The van der Waals surface area contributed by atoms with Crippen molar-refractivity contribution in [2.24, 2.45) is 0 Å². The van der Waals surface area contributed by atoms with Crippen LogP contribution < -0.4 is 10.2 Å². The van der Waals surface area contributed by atoms with E-state index in [0.717, 1.165) is 30.3 Å². The van der Waals surface area contributed by atoms with E-state index >= 15 is 0 Å². The average molecular weight is 412 g/mol. The number of anilines is 2. The number of benzene rings is 2. The van der Waals surface area contributed by atoms with Gasteiger partial charge in [-0.15, -0.1) is 0 Å². The molecule has 1 fully saturated rings. The van der Waals surface area contributed by atoms with Gasteiger partial charge in [-0.25, -0.2) is 0 Å². The van der Waals surface area contributed by atoms with Gasteiger partial charge in [-0.05, 0) is 51.1 Å². The van der Waals surface area contributed by atoms with E-state index in [1.165, 1.54) is 5.56 Å². The fraction of sp³-hybridized carbons (Fsp3) is 0.391. The molecule has 2 aromatic carbocycles. The van der Waals surface area contributed by atoms with Gasteiger partial charge in [0, 0.05) is 47.6 Å². The van der Waals surface area contributed by atoms with E-state index in [1.807, 2.05) is 53.9 Å². The minimum absolute atomic E-state index is 0.0323. The molecule has 1 N–H and O–H groups in total. The van der Waals surface area contributed by atoms with E-state index in [9.17, 15) is 9.59 Å². The monoisotopic (exact) mass is 411 g/mol. The molecule has 0 saturated carbocycles. The van der Waals surface area contributed by atoms with Crippen LogP contribution in [0.3, 0.4) is 0 Å². The minimum Gasteiger partial charge on any atom is -0.360 e. The SMILES string of the molecule is Cc1ccc(N(CC(=O)Nc2cccc(C(=O)N3CCSCC3)c2)C(C)C)cc1. The lowest BCUT2D eigenvalue weighted by Crippen LogP contribution is -2.38. The predicted molar refractivity (Wildman–Crippen MR) is 122 cm³/mol. The normalized spacial score (nSPS) is 14.0. The molecule has 0 bridgehead atoms. The standard InChI is InChI=1S/C23H29N3O2S/c1-17(2)26(21-9-7-18(3)8-10-21)16-22(27)24-20-6-4-5-19(15-20)23(28)25-11-13-29-14-12-25/h4-10,15,17H,11-14,16H2,1-3H3,(H,24,27). The molecule has 3 rings (SSSR count). The van der Waals surface area contributed by atoms with Crippen LogP contribution in [-0.2, 0) is 4.79 Å². The number of carbonyl (C=O) groups excluding carboxylic acids is 2. The number of nitrogens with zero attached hydrogens (tertiary/aromatic N) is 2. The summed E-state index contributed by atoms with van der Waals surface area (Å²) in [6.45, 7) is 8.00. The van der Waals surface area contributed by atoms with Gasteiger partial charge < -0.3 is 15.1 Å². The molecular weight excluding hydrogens is 382 g/mol. The van der Waals surface area contributed by atoms with Crippen LogP contribution in [0, 0.1) is 6.92 Å². The molecule has 2 aromatic rings. The Hall–Kier alpha value is -2.47. The predicted octanol–water partition coefficient (Wildman–Crippen LogP) is 4.04. The average Bonchev–Trinajstić information content (AvgIpc) is 2.73. The van der Waals surface area contributed by atoms with Crippen molar-refractivity contribution in [1.82, 2.24) is 4.90 Å². The highest BCUT2D eigenvalue weighted by molar-refractivity contribution is 7.99. The topological polar surface area (TPSA) is 52.7 Å². The quantitative estimate of drug-likeness (QED) is 0.780. The van der Waals surface area contributed by atoms with Crippen LogP contribution in [0.25, 0.3) is 0 Å². The third-order valence-corrected chi connectivity index (χ3v) is 5.94. The number of amides is 2. The van der Waals surface area contributed by atoms with Gasteiger partial charge in [-0.1, -0.05) is 23.8 Å². The van der Waals surface area contributed by atoms with Gasteiger partial charge in [0.15, 0.2) is 0 Å². The van der Waals surface area contributed by atoms with Crippen molar-refractivity contribution >= 4 is 35.0 Å². The summed E-state index contributed by atoms with van der Waals surface area (Å²) in [6, 6.07) is 15.6. The molecule has 2 amide bonds. The molecular formula is C23H29N3O2S. The molecule has 6 heteroatoms. The van der Waals surface area contributed by atoms with Crippen LogP contribution in [-0.4, -0.2) is 53.9 Å². The number of rotatable bonds is 6. The third-order valence-electron chi connectivity index (χ3n) is 4.99. The van der Waals surface area contributed by atoms with Crippen molar-refractivity contribution in [3.8, 4) is 0 Å². The highest BCUT2D eigenvalue weighted by atomic mass is 32.2. The molecule has 0 atom stereocenters. The number of thioether (sulfide) groups is 1. The molecule has 0 aromatic heterocycles. The van der Waals surface area contributed by atoms with E-state index < -0.39 is 0 Å². The van der Waals surface area contributed by atoms with Crippen molar-refractivity contribution < 1.29 is 9.59 Å². The van der Waals surface area contributed by atoms with Crippen LogP contribution in [0.4, 0.5) is 11.4 Å². The number of nitrogens with one attached hydrogen (secondary N) is 1. The second-order valence-corrected chi connectivity index (χ2v) is 8.82. The molecule has 154 valence electrons. The summed E-state index contributed by atoms with van der Waals surface area (Å²) >= 11 is 1.87. The Kier molecular flexibility index (Phi) is 7.20. The van der Waals surface area contributed by atoms with Crippen molar-refractivity contribution in [2.45, 2.75) is 26.8 Å². The Morgan fingerprint density at radius 3 is 2.45 bits per heavy atom. The summed E-state index contributed by atoms with van der Waals surface area (Å²) in [6.07, 6.45) is 0. The first-order valence-corrected chi connectivity index (χ1v) is 11.2. The van der Waals surface area contributed by atoms with Gasteiger partial charge in [-0.2, -0.15) is 11.8 Å². The maximum atomic E-state index is 12.7. The fourth-order valence-electron chi connectivity index (χ4n) is 3.34. The van der Waals surface area contributed by atoms with E-state index in [1.54, 1.807) is 6.07 Å². The van der Waals surface area contributed by atoms with Gasteiger partial charge in [0.1, 0.15) is 0 Å². The summed E-state index contributed by atoms with van der Waals surface area (Å²) in [5.41, 5.74) is 3.48. The highest BCUT2D eigenvalue weighted by Crippen LogP contribution is 2.19. The fourth-order valence-corrected chi connectivity index (χ4v) is 4.25. The van der Waals surface area contributed by atoms with E-state index in [-0.39, 0.29) is 24.4 Å². The zero-order valence-corrected chi connectivity index (χ0v) is 18.2. The Balaban J connectivity index is 1.66. The first kappa shape index (κ1) is 21.2. The van der Waals surface area contributed by atoms with Crippen LogP contribution in [0.2, 0.25) is 0 Å². The van der Waals surface area contributed by atoms with Gasteiger partial charge in [0.05, 0.1) is 6.54 Å². The number of hydrogen-bond donors (Lipinski definition) is 1. The number of aryl methyl sites for hydroxylation is 1. The van der Waals surface area contributed by atoms with Gasteiger partial charge in [0.2, 0.25) is 5.91 Å². The largest absolute Gasteiger partial charge is 0.360 e. The lowest BCUT2D eigenvalue weighted by atomic mass is 10.1. The second kappa shape index (κ2) is 9.83. The zero-order chi connectivity index (χ0) is 20.8. The molecule has 0 radical (unpaired) electrons. The molecule has 1 aliphatic heterocycles. The van der Waals surface area contributed by atoms with Gasteiger partial charge >= 0.3 is 0 Å². The molecule has 29 heavy (non-hydrogen) atoms. The highest BCUT2D eigenvalue weighted by Gasteiger charge is 2.19. The summed E-state index contributed by atoms with van der Waals surface area (Å²) < 4.78 is 0. The zero-order valence-electron chi connectivity index (χ0n) is 17.4. The van der Waals surface area contributed by atoms with Crippen molar-refractivity contribution in [1.29, 1.82) is 0 Å². The Labute approximate surface area is 177 Å². The van der Waals surface area contributed by atoms with Gasteiger partial charge in [0.25, 0.3) is 5.91 Å². The summed E-state index contributed by atoms with van der Waals surface area (Å²) in [4.78, 5) is 29.4. The Morgan fingerprint density at radius 2 is 1.79 bits per heavy atom. The molecule has 1 saturated heterocycles. The van der Waals surface area contributed by atoms with Crippen molar-refractivity contribution in [3.63, 3.8) is 0 Å². The van der Waals surface area contributed by atoms with Crippen LogP contribution >= 0.6 is 11.8 Å². The molecule has 0 aliphatic carbocycles. The number of carbonyl (C=O) groups is 2. The molecule has 1 aliphatic rings. The molecule has 5 nitrogen and oxygen atoms in total. The maximum absolute atomic E-state index is 12.7. The molecule has 1 heterocycles. The molecule has 0 spiro atoms. The minimum atomic E-state index is -0.0988. The van der Waals surface area contributed by atoms with Gasteiger partial charge in [-0.3, -0.25) is 9.59 Å². The van der Waals surface area contributed by atoms with E-state index in [4.69, 9.17) is 0 Å². The Bertz CT molecular complexity index is 845. The van der Waals surface area contributed by atoms with E-state index in [2.05, 4.69) is 36.2 Å². The van der Waals surface area contributed by atoms with E-state index in [0.29, 0.717) is 11.3 Å². The van der Waals surface area contributed by atoms with Crippen molar-refractivity contribution in [2.75, 3.05) is 41.4 Å². The lowest BCUT2D eigenvalue weighted by Gasteiger charge is -2.28. The Morgan fingerprint density at radius 1 is 1.10 bits per heavy atom. The summed E-state index contributed by atoms with van der Waals surface area (Å²) in [5.74, 6) is 1.89. The van der Waals surface area contributed by atoms with Crippen molar-refractivity contribution in [3.05, 3.63) is 59.7 Å². The first-order valence-electron chi connectivity index (χ1n) is 10.0. The molecule has 0 unspecified atom stereocenters. The number of hydrogen-bond acceptors (Lipinski definition) is 4. The third kappa shape index (κ3) is 5.76. The second-order valence-electron chi connectivity index (χ2n) is 7.59. The maximum Gasteiger partial charge on any atom is 0.253 e.